The zero-order chi connectivity index (χ0) is 11.1. The predicted octanol–water partition coefficient (Wildman–Crippen LogP) is -0.540. The average Bonchev–Trinajstić information content (AvgIpc) is 2.23. The van der Waals surface area contributed by atoms with Crippen LogP contribution in [0.2, 0.25) is 0 Å². The number of allylic oxidation sites excluding steroid dienone is 1. The van der Waals surface area contributed by atoms with Gasteiger partial charge in [0, 0.05) is 6.42 Å². The van der Waals surface area contributed by atoms with Crippen LogP contribution in [0, 0.1) is 0 Å². The number of Topliss-reactive ketones (excluding diaryl/α,β-unsaturated/α-hetero) is 1. The smallest absolute Gasteiger partial charge is 0.304 e. The number of methoxy groups -OCH3 is 2. The van der Waals surface area contributed by atoms with E-state index in [0.29, 0.717) is 0 Å². The Hall–Kier alpha value is -1.56. The van der Waals surface area contributed by atoms with Crippen LogP contribution in [0.25, 0.3) is 0 Å². The van der Waals surface area contributed by atoms with Crippen molar-refractivity contribution < 1.29 is 19.1 Å². The summed E-state index contributed by atoms with van der Waals surface area (Å²) < 4.78 is 9.49. The lowest BCUT2D eigenvalue weighted by Crippen LogP contribution is -2.33. The lowest BCUT2D eigenvalue weighted by Gasteiger charge is -2.09. The zero-order valence-corrected chi connectivity index (χ0v) is 8.42. The van der Waals surface area contributed by atoms with Gasteiger partial charge in [-0.1, -0.05) is 6.92 Å². The molecule has 0 aromatic heterocycles. The van der Waals surface area contributed by atoms with Crippen molar-refractivity contribution in [1.82, 2.24) is 5.43 Å². The molecule has 6 heteroatoms. The number of hydrogen-bond donors (Lipinski definition) is 2. The van der Waals surface area contributed by atoms with Gasteiger partial charge in [0.15, 0.2) is 0 Å². The van der Waals surface area contributed by atoms with Crippen molar-refractivity contribution >= 4 is 11.7 Å². The van der Waals surface area contributed by atoms with E-state index in [4.69, 9.17) is 15.3 Å². The van der Waals surface area contributed by atoms with E-state index in [1.54, 1.807) is 6.92 Å². The van der Waals surface area contributed by atoms with E-state index in [-0.39, 0.29) is 23.7 Å². The summed E-state index contributed by atoms with van der Waals surface area (Å²) in [7, 11) is 2.54. The van der Waals surface area contributed by atoms with Gasteiger partial charge in [-0.05, 0) is 0 Å². The van der Waals surface area contributed by atoms with Gasteiger partial charge in [0.25, 0.3) is 0 Å². The molecule has 0 aliphatic rings. The van der Waals surface area contributed by atoms with E-state index in [9.17, 15) is 9.59 Å². The van der Waals surface area contributed by atoms with Gasteiger partial charge in [0.2, 0.25) is 17.3 Å². The highest BCUT2D eigenvalue weighted by atomic mass is 16.5. The number of hydrazine groups is 1. The molecule has 0 radical (unpaired) electrons. The topological polar surface area (TPSA) is 90.6 Å². The van der Waals surface area contributed by atoms with Crippen LogP contribution in [0.1, 0.15) is 13.3 Å². The number of amides is 1. The number of rotatable bonds is 5. The van der Waals surface area contributed by atoms with E-state index >= 15 is 0 Å². The number of ketones is 1. The first-order valence-corrected chi connectivity index (χ1v) is 3.98. The Morgan fingerprint density at radius 3 is 2.00 bits per heavy atom. The van der Waals surface area contributed by atoms with Crippen molar-refractivity contribution in [3.05, 3.63) is 11.5 Å². The maximum absolute atomic E-state index is 11.3. The second-order valence-electron chi connectivity index (χ2n) is 2.32. The van der Waals surface area contributed by atoms with Gasteiger partial charge in [-0.2, -0.15) is 0 Å². The van der Waals surface area contributed by atoms with Gasteiger partial charge < -0.3 is 9.47 Å². The monoisotopic (exact) mass is 202 g/mol. The standard InChI is InChI=1S/C8H14N2O4/c1-4-5(11)6(13-2)7(14-3)8(12)10-9/h4,9H2,1-3H3,(H,10,12)/b7-6-. The van der Waals surface area contributed by atoms with E-state index in [1.807, 2.05) is 5.43 Å². The summed E-state index contributed by atoms with van der Waals surface area (Å²) in [5.41, 5.74) is 1.86. The quantitative estimate of drug-likeness (QED) is 0.205. The second-order valence-corrected chi connectivity index (χ2v) is 2.32. The summed E-state index contributed by atoms with van der Waals surface area (Å²) in [5.74, 6) is 3.53. The molecule has 1 amide bonds. The molecule has 0 saturated carbocycles. The van der Waals surface area contributed by atoms with Gasteiger partial charge in [0.05, 0.1) is 14.2 Å². The van der Waals surface area contributed by atoms with Gasteiger partial charge >= 0.3 is 5.91 Å². The Balaban J connectivity index is 5.11. The fourth-order valence-electron chi connectivity index (χ4n) is 0.848. The van der Waals surface area contributed by atoms with Crippen molar-refractivity contribution in [2.24, 2.45) is 5.84 Å². The molecule has 14 heavy (non-hydrogen) atoms. The van der Waals surface area contributed by atoms with Gasteiger partial charge in [-0.15, -0.1) is 0 Å². The van der Waals surface area contributed by atoms with E-state index in [1.165, 1.54) is 14.2 Å². The molecular formula is C8H14N2O4. The predicted molar refractivity (Wildman–Crippen MR) is 48.7 cm³/mol. The van der Waals surface area contributed by atoms with Crippen LogP contribution in [-0.2, 0) is 19.1 Å². The first-order valence-electron chi connectivity index (χ1n) is 3.98. The van der Waals surface area contributed by atoms with Crippen LogP contribution in [0.3, 0.4) is 0 Å². The van der Waals surface area contributed by atoms with E-state index in [0.717, 1.165) is 0 Å². The molecule has 0 aliphatic carbocycles. The molecule has 0 spiro atoms. The Morgan fingerprint density at radius 1 is 1.21 bits per heavy atom. The average molecular weight is 202 g/mol. The molecule has 0 rings (SSSR count). The van der Waals surface area contributed by atoms with Gasteiger partial charge in [-0.3, -0.25) is 15.0 Å². The summed E-state index contributed by atoms with van der Waals surface area (Å²) >= 11 is 0. The third-order valence-electron chi connectivity index (χ3n) is 1.53. The summed E-state index contributed by atoms with van der Waals surface area (Å²) in [6, 6.07) is 0. The molecule has 0 aromatic rings. The molecular weight excluding hydrogens is 188 g/mol. The molecule has 80 valence electrons. The van der Waals surface area contributed by atoms with Crippen molar-refractivity contribution in [2.75, 3.05) is 14.2 Å². The van der Waals surface area contributed by atoms with E-state index < -0.39 is 5.91 Å². The van der Waals surface area contributed by atoms with Crippen molar-refractivity contribution in [2.45, 2.75) is 13.3 Å². The number of nitrogens with one attached hydrogen (secondary N) is 1. The third-order valence-corrected chi connectivity index (χ3v) is 1.53. The number of nitrogens with two attached hydrogens (primary N) is 1. The minimum Gasteiger partial charge on any atom is -0.490 e. The number of ether oxygens (including phenoxy) is 2. The highest BCUT2D eigenvalue weighted by Crippen LogP contribution is 2.09. The minimum atomic E-state index is -0.703. The first-order chi connectivity index (χ1) is 6.62. The van der Waals surface area contributed by atoms with Gasteiger partial charge in [-0.25, -0.2) is 5.84 Å². The van der Waals surface area contributed by atoms with Crippen LogP contribution in [0.5, 0.6) is 0 Å². The van der Waals surface area contributed by atoms with Crippen LogP contribution in [0.15, 0.2) is 11.5 Å². The fourth-order valence-corrected chi connectivity index (χ4v) is 0.848. The molecule has 3 N–H and O–H groups in total. The molecule has 0 aromatic carbocycles. The number of carbonyl (C=O) groups excluding carboxylic acids is 2. The van der Waals surface area contributed by atoms with Crippen LogP contribution in [0.4, 0.5) is 0 Å². The fraction of sp³-hybridized carbons (Fsp3) is 0.500. The highest BCUT2D eigenvalue weighted by Gasteiger charge is 2.21. The van der Waals surface area contributed by atoms with Crippen molar-refractivity contribution in [1.29, 1.82) is 0 Å². The molecule has 0 saturated heterocycles. The summed E-state index contributed by atoms with van der Waals surface area (Å²) in [6.45, 7) is 1.65. The Kier molecular flexibility index (Phi) is 5.31. The van der Waals surface area contributed by atoms with Crippen LogP contribution < -0.4 is 11.3 Å². The normalized spacial score (nSPS) is 11.4. The molecule has 0 bridgehead atoms. The Labute approximate surface area is 82.0 Å². The third kappa shape index (κ3) is 2.74. The second kappa shape index (κ2) is 5.98. The summed E-state index contributed by atoms with van der Waals surface area (Å²) in [5, 5.41) is 0. The molecule has 6 nitrogen and oxygen atoms in total. The molecule has 0 fully saturated rings. The zero-order valence-electron chi connectivity index (χ0n) is 8.42. The van der Waals surface area contributed by atoms with E-state index in [2.05, 4.69) is 0 Å². The van der Waals surface area contributed by atoms with Gasteiger partial charge in [0.1, 0.15) is 0 Å². The SMILES string of the molecule is CCC(=O)/C(OC)=C(/OC)C(=O)NN. The lowest BCUT2D eigenvalue weighted by atomic mass is 10.2. The summed E-state index contributed by atoms with van der Waals surface area (Å²) in [6.07, 6.45) is 0.216. The molecule has 0 aliphatic heterocycles. The minimum absolute atomic E-state index is 0.127. The maximum atomic E-state index is 11.3. The van der Waals surface area contributed by atoms with Crippen molar-refractivity contribution in [3.8, 4) is 0 Å². The Bertz CT molecular complexity index is 234. The lowest BCUT2D eigenvalue weighted by molar-refractivity contribution is -0.123. The molecule has 0 heterocycles. The number of hydrogen-bond acceptors (Lipinski definition) is 5. The number of carbonyl (C=O) groups is 2. The van der Waals surface area contributed by atoms with Crippen LogP contribution >= 0.6 is 0 Å². The largest absolute Gasteiger partial charge is 0.490 e. The highest BCUT2D eigenvalue weighted by molar-refractivity contribution is 6.02. The molecule has 0 unspecified atom stereocenters. The molecule has 0 atom stereocenters. The van der Waals surface area contributed by atoms with Crippen molar-refractivity contribution in [3.63, 3.8) is 0 Å². The van der Waals surface area contributed by atoms with Crippen LogP contribution in [-0.4, -0.2) is 25.9 Å². The summed E-state index contributed by atoms with van der Waals surface area (Å²) in [4.78, 5) is 22.4. The Morgan fingerprint density at radius 2 is 1.71 bits per heavy atom. The maximum Gasteiger partial charge on any atom is 0.304 e. The first kappa shape index (κ1) is 12.4.